The highest BCUT2D eigenvalue weighted by molar-refractivity contribution is 5.78. The second kappa shape index (κ2) is 2.87. The van der Waals surface area contributed by atoms with Gasteiger partial charge in [-0.3, -0.25) is 0 Å². The summed E-state index contributed by atoms with van der Waals surface area (Å²) in [6.07, 6.45) is -0.688. The minimum atomic E-state index is -0.661. The van der Waals surface area contributed by atoms with Crippen molar-refractivity contribution in [1.29, 1.82) is 0 Å². The van der Waals surface area contributed by atoms with Gasteiger partial charge in [0, 0.05) is 6.92 Å². The van der Waals surface area contributed by atoms with Crippen molar-refractivity contribution in [3.63, 3.8) is 0 Å². The van der Waals surface area contributed by atoms with Crippen LogP contribution in [-0.4, -0.2) is 24.1 Å². The van der Waals surface area contributed by atoms with Gasteiger partial charge >= 0.3 is 11.9 Å². The first kappa shape index (κ1) is 8.00. The Balaban J connectivity index is 2.17. The van der Waals surface area contributed by atoms with Crippen LogP contribution in [0.25, 0.3) is 0 Å². The topological polar surface area (TPSA) is 65.1 Å². The van der Waals surface area contributed by atoms with Crippen LogP contribution in [0.4, 0.5) is 0 Å². The SMILES string of the molecule is CC(=O)OOC(=O)C1OC1C. The first-order valence-electron chi connectivity index (χ1n) is 3.15. The highest BCUT2D eigenvalue weighted by atomic mass is 17.2. The Kier molecular flexibility index (Phi) is 2.09. The molecule has 0 aromatic heterocycles. The van der Waals surface area contributed by atoms with Gasteiger partial charge in [-0.05, 0) is 6.92 Å². The van der Waals surface area contributed by atoms with Crippen molar-refractivity contribution in [3.05, 3.63) is 0 Å². The third-order valence-electron chi connectivity index (χ3n) is 1.18. The molecule has 1 rings (SSSR count). The minimum Gasteiger partial charge on any atom is -0.357 e. The predicted molar refractivity (Wildman–Crippen MR) is 32.2 cm³/mol. The molecule has 0 spiro atoms. The van der Waals surface area contributed by atoms with E-state index >= 15 is 0 Å². The third-order valence-corrected chi connectivity index (χ3v) is 1.18. The number of hydrogen-bond donors (Lipinski definition) is 0. The molecule has 0 amide bonds. The Hall–Kier alpha value is -1.10. The molecule has 1 aliphatic rings. The monoisotopic (exact) mass is 160 g/mol. The highest BCUT2D eigenvalue weighted by Gasteiger charge is 2.43. The third kappa shape index (κ3) is 2.19. The van der Waals surface area contributed by atoms with E-state index in [1.54, 1.807) is 6.92 Å². The minimum absolute atomic E-state index is 0.127. The van der Waals surface area contributed by atoms with Crippen LogP contribution < -0.4 is 0 Å². The van der Waals surface area contributed by atoms with Gasteiger partial charge in [-0.15, -0.1) is 0 Å². The molecule has 0 aromatic carbocycles. The van der Waals surface area contributed by atoms with Crippen molar-refractivity contribution in [3.8, 4) is 0 Å². The molecule has 5 nitrogen and oxygen atoms in total. The fourth-order valence-corrected chi connectivity index (χ4v) is 0.580. The maximum absolute atomic E-state index is 10.7. The van der Waals surface area contributed by atoms with Crippen molar-refractivity contribution < 1.29 is 24.1 Å². The molecule has 0 aromatic rings. The second-order valence-corrected chi connectivity index (χ2v) is 2.24. The average Bonchev–Trinajstić information content (AvgIpc) is 2.61. The predicted octanol–water partition coefficient (Wildman–Crippen LogP) is -0.205. The van der Waals surface area contributed by atoms with Crippen molar-refractivity contribution in [2.75, 3.05) is 0 Å². The number of epoxide rings is 1. The molecule has 11 heavy (non-hydrogen) atoms. The van der Waals surface area contributed by atoms with Crippen LogP contribution >= 0.6 is 0 Å². The summed E-state index contributed by atoms with van der Waals surface area (Å²) in [7, 11) is 0. The molecular weight excluding hydrogens is 152 g/mol. The lowest BCUT2D eigenvalue weighted by Crippen LogP contribution is -2.15. The van der Waals surface area contributed by atoms with Gasteiger partial charge in [-0.25, -0.2) is 19.4 Å². The van der Waals surface area contributed by atoms with E-state index < -0.39 is 18.0 Å². The fourth-order valence-electron chi connectivity index (χ4n) is 0.580. The van der Waals surface area contributed by atoms with E-state index in [4.69, 9.17) is 4.74 Å². The van der Waals surface area contributed by atoms with Crippen LogP contribution in [0.1, 0.15) is 13.8 Å². The van der Waals surface area contributed by atoms with Crippen LogP contribution in [-0.2, 0) is 24.1 Å². The summed E-state index contributed by atoms with van der Waals surface area (Å²) in [4.78, 5) is 28.9. The quantitative estimate of drug-likeness (QED) is 0.302. The summed E-state index contributed by atoms with van der Waals surface area (Å²) in [5, 5.41) is 0. The lowest BCUT2D eigenvalue weighted by molar-refractivity contribution is -0.258. The summed E-state index contributed by atoms with van der Waals surface area (Å²) < 4.78 is 4.75. The molecule has 2 unspecified atom stereocenters. The average molecular weight is 160 g/mol. The Labute approximate surface area is 63.2 Å². The Morgan fingerprint density at radius 3 is 2.27 bits per heavy atom. The summed E-state index contributed by atoms with van der Waals surface area (Å²) in [6.45, 7) is 2.87. The van der Waals surface area contributed by atoms with Crippen LogP contribution in [0.5, 0.6) is 0 Å². The number of rotatable bonds is 1. The zero-order valence-corrected chi connectivity index (χ0v) is 6.20. The Morgan fingerprint density at radius 1 is 1.36 bits per heavy atom. The van der Waals surface area contributed by atoms with Gasteiger partial charge in [0.15, 0.2) is 6.10 Å². The molecule has 0 bridgehead atoms. The molecule has 0 aliphatic carbocycles. The van der Waals surface area contributed by atoms with Crippen molar-refractivity contribution in [2.24, 2.45) is 0 Å². The van der Waals surface area contributed by atoms with E-state index in [0.29, 0.717) is 0 Å². The van der Waals surface area contributed by atoms with Gasteiger partial charge in [-0.1, -0.05) is 0 Å². The molecule has 0 N–H and O–H groups in total. The van der Waals surface area contributed by atoms with Gasteiger partial charge in [0.1, 0.15) is 0 Å². The van der Waals surface area contributed by atoms with Gasteiger partial charge in [-0.2, -0.15) is 0 Å². The molecule has 2 atom stereocenters. The number of ether oxygens (including phenoxy) is 1. The van der Waals surface area contributed by atoms with Crippen LogP contribution in [0.15, 0.2) is 0 Å². The van der Waals surface area contributed by atoms with E-state index in [2.05, 4.69) is 9.78 Å². The number of carbonyl (C=O) groups is 2. The molecule has 0 radical (unpaired) electrons. The highest BCUT2D eigenvalue weighted by Crippen LogP contribution is 2.21. The smallest absolute Gasteiger partial charge is 0.357 e. The molecule has 5 heteroatoms. The van der Waals surface area contributed by atoms with Crippen LogP contribution in [0.3, 0.4) is 0 Å². The van der Waals surface area contributed by atoms with Crippen molar-refractivity contribution >= 4 is 11.9 Å². The Bertz CT molecular complexity index is 187. The summed E-state index contributed by atoms with van der Waals surface area (Å²) in [6, 6.07) is 0. The normalized spacial score (nSPS) is 27.5. The molecule has 0 saturated carbocycles. The number of hydrogen-bond acceptors (Lipinski definition) is 5. The van der Waals surface area contributed by atoms with Gasteiger partial charge in [0.2, 0.25) is 0 Å². The van der Waals surface area contributed by atoms with Gasteiger partial charge in [0.25, 0.3) is 0 Å². The molecule has 1 heterocycles. The lowest BCUT2D eigenvalue weighted by atomic mass is 10.3. The molecule has 62 valence electrons. The van der Waals surface area contributed by atoms with E-state index in [0.717, 1.165) is 6.92 Å². The summed E-state index contributed by atoms with van der Waals surface area (Å²) in [5.74, 6) is -1.32. The van der Waals surface area contributed by atoms with E-state index in [1.807, 2.05) is 0 Å². The first-order valence-corrected chi connectivity index (χ1v) is 3.15. The molecule has 1 fully saturated rings. The summed E-state index contributed by atoms with van der Waals surface area (Å²) >= 11 is 0. The molecule has 1 saturated heterocycles. The van der Waals surface area contributed by atoms with E-state index in [-0.39, 0.29) is 6.10 Å². The second-order valence-electron chi connectivity index (χ2n) is 2.24. The first-order chi connectivity index (χ1) is 5.11. The maximum Gasteiger partial charge on any atom is 0.386 e. The zero-order valence-electron chi connectivity index (χ0n) is 6.20. The standard InChI is InChI=1S/C6H8O5/c1-3-5(9-3)6(8)11-10-4(2)7/h3,5H,1-2H3. The molecular formula is C6H8O5. The van der Waals surface area contributed by atoms with Crippen molar-refractivity contribution in [1.82, 2.24) is 0 Å². The maximum atomic E-state index is 10.7. The van der Waals surface area contributed by atoms with Crippen molar-refractivity contribution in [2.45, 2.75) is 26.1 Å². The Morgan fingerprint density at radius 2 is 1.91 bits per heavy atom. The zero-order chi connectivity index (χ0) is 8.43. The van der Waals surface area contributed by atoms with Gasteiger partial charge < -0.3 is 4.74 Å². The van der Waals surface area contributed by atoms with Gasteiger partial charge in [0.05, 0.1) is 6.10 Å². The van der Waals surface area contributed by atoms with E-state index in [9.17, 15) is 9.59 Å². The van der Waals surface area contributed by atoms with Crippen LogP contribution in [0, 0.1) is 0 Å². The fraction of sp³-hybridized carbons (Fsp3) is 0.667. The van der Waals surface area contributed by atoms with Crippen LogP contribution in [0.2, 0.25) is 0 Å². The largest absolute Gasteiger partial charge is 0.386 e. The lowest BCUT2D eigenvalue weighted by Gasteiger charge is -1.96. The molecule has 1 aliphatic heterocycles. The number of carbonyl (C=O) groups excluding carboxylic acids is 2. The summed E-state index contributed by atoms with van der Waals surface area (Å²) in [5.41, 5.74) is 0. The van der Waals surface area contributed by atoms with E-state index in [1.165, 1.54) is 0 Å².